The molecule has 1 aromatic carbocycles. The fourth-order valence-corrected chi connectivity index (χ4v) is 3.39. The summed E-state index contributed by atoms with van der Waals surface area (Å²) in [6, 6.07) is 0.883. The SMILES string of the molecule is COc1c(F)cc(S(=O)(=O)NC(CN)CC(C)C)cc1[N+](=O)[O-]. The van der Waals surface area contributed by atoms with E-state index in [4.69, 9.17) is 5.73 Å². The van der Waals surface area contributed by atoms with E-state index in [0.29, 0.717) is 12.5 Å². The smallest absolute Gasteiger partial charge is 0.315 e. The molecule has 0 aromatic heterocycles. The van der Waals surface area contributed by atoms with Crippen molar-refractivity contribution in [3.05, 3.63) is 28.1 Å². The monoisotopic (exact) mass is 349 g/mol. The van der Waals surface area contributed by atoms with E-state index >= 15 is 0 Å². The van der Waals surface area contributed by atoms with Crippen LogP contribution in [0.5, 0.6) is 5.75 Å². The molecule has 0 saturated carbocycles. The average Bonchev–Trinajstić information content (AvgIpc) is 2.44. The molecule has 1 aromatic rings. The average molecular weight is 349 g/mol. The first-order valence-electron chi connectivity index (χ1n) is 6.86. The third kappa shape index (κ3) is 4.85. The fourth-order valence-electron chi connectivity index (χ4n) is 2.10. The number of nitrogens with zero attached hydrogens (tertiary/aromatic N) is 1. The van der Waals surface area contributed by atoms with Gasteiger partial charge < -0.3 is 10.5 Å². The third-order valence-corrected chi connectivity index (χ3v) is 4.57. The van der Waals surface area contributed by atoms with Gasteiger partial charge in [0.1, 0.15) is 0 Å². The highest BCUT2D eigenvalue weighted by molar-refractivity contribution is 7.89. The summed E-state index contributed by atoms with van der Waals surface area (Å²) < 4.78 is 45.5. The van der Waals surface area contributed by atoms with Crippen LogP contribution in [0.1, 0.15) is 20.3 Å². The first kappa shape index (κ1) is 19.3. The Morgan fingerprint density at radius 1 is 1.43 bits per heavy atom. The molecule has 23 heavy (non-hydrogen) atoms. The summed E-state index contributed by atoms with van der Waals surface area (Å²) in [5.41, 5.74) is 4.77. The maximum atomic E-state index is 13.9. The Labute approximate surface area is 134 Å². The van der Waals surface area contributed by atoms with Crippen molar-refractivity contribution in [1.82, 2.24) is 4.72 Å². The lowest BCUT2D eigenvalue weighted by Gasteiger charge is -2.19. The molecule has 0 aliphatic carbocycles. The fraction of sp³-hybridized carbons (Fsp3) is 0.538. The zero-order valence-electron chi connectivity index (χ0n) is 13.1. The topological polar surface area (TPSA) is 125 Å². The highest BCUT2D eigenvalue weighted by atomic mass is 32.2. The number of halogens is 1. The van der Waals surface area contributed by atoms with E-state index in [1.54, 1.807) is 0 Å². The van der Waals surface area contributed by atoms with E-state index in [0.717, 1.165) is 13.2 Å². The molecular weight excluding hydrogens is 329 g/mol. The zero-order chi connectivity index (χ0) is 17.8. The number of hydrogen-bond donors (Lipinski definition) is 2. The summed E-state index contributed by atoms with van der Waals surface area (Å²) >= 11 is 0. The van der Waals surface area contributed by atoms with E-state index in [-0.39, 0.29) is 12.5 Å². The number of sulfonamides is 1. The second-order valence-corrected chi connectivity index (χ2v) is 7.11. The van der Waals surface area contributed by atoms with Gasteiger partial charge in [0.15, 0.2) is 5.82 Å². The largest absolute Gasteiger partial charge is 0.488 e. The van der Waals surface area contributed by atoms with Crippen LogP contribution in [0.2, 0.25) is 0 Å². The van der Waals surface area contributed by atoms with Crippen molar-refractivity contribution in [1.29, 1.82) is 0 Å². The molecule has 8 nitrogen and oxygen atoms in total. The Kier molecular flexibility index (Phi) is 6.42. The molecule has 0 radical (unpaired) electrons. The van der Waals surface area contributed by atoms with Gasteiger partial charge in [-0.3, -0.25) is 10.1 Å². The molecule has 0 aliphatic heterocycles. The van der Waals surface area contributed by atoms with Gasteiger partial charge in [-0.1, -0.05) is 13.8 Å². The number of nitro groups is 1. The number of ether oxygens (including phenoxy) is 1. The number of methoxy groups -OCH3 is 1. The Bertz CT molecular complexity index is 678. The van der Waals surface area contributed by atoms with E-state index in [1.807, 2.05) is 13.8 Å². The summed E-state index contributed by atoms with van der Waals surface area (Å²) in [5.74, 6) is -1.56. The molecule has 0 saturated heterocycles. The Morgan fingerprint density at radius 2 is 2.04 bits per heavy atom. The molecular formula is C13H20FN3O5S. The maximum absolute atomic E-state index is 13.9. The predicted molar refractivity (Wildman–Crippen MR) is 82.2 cm³/mol. The van der Waals surface area contributed by atoms with Crippen LogP contribution < -0.4 is 15.2 Å². The van der Waals surface area contributed by atoms with Crippen molar-refractivity contribution in [2.24, 2.45) is 11.7 Å². The van der Waals surface area contributed by atoms with Crippen molar-refractivity contribution in [2.45, 2.75) is 31.2 Å². The van der Waals surface area contributed by atoms with E-state index in [9.17, 15) is 22.9 Å². The van der Waals surface area contributed by atoms with Crippen LogP contribution >= 0.6 is 0 Å². The Morgan fingerprint density at radius 3 is 2.48 bits per heavy atom. The van der Waals surface area contributed by atoms with Crippen LogP contribution in [0.4, 0.5) is 10.1 Å². The van der Waals surface area contributed by atoms with Gasteiger partial charge in [0.25, 0.3) is 0 Å². The summed E-state index contributed by atoms with van der Waals surface area (Å²) in [7, 11) is -3.09. The second-order valence-electron chi connectivity index (χ2n) is 5.40. The first-order chi connectivity index (χ1) is 10.6. The normalized spacial score (nSPS) is 13.1. The van der Waals surface area contributed by atoms with Gasteiger partial charge in [0.05, 0.1) is 16.9 Å². The van der Waals surface area contributed by atoms with Crippen molar-refractivity contribution in [2.75, 3.05) is 13.7 Å². The zero-order valence-corrected chi connectivity index (χ0v) is 13.9. The molecule has 3 N–H and O–H groups in total. The molecule has 0 bridgehead atoms. The highest BCUT2D eigenvalue weighted by Gasteiger charge is 2.27. The summed E-state index contributed by atoms with van der Waals surface area (Å²) in [6.07, 6.45) is 0.483. The van der Waals surface area contributed by atoms with E-state index in [1.165, 1.54) is 0 Å². The van der Waals surface area contributed by atoms with Gasteiger partial charge in [0.2, 0.25) is 15.8 Å². The molecule has 0 spiro atoms. The van der Waals surface area contributed by atoms with Gasteiger partial charge in [-0.25, -0.2) is 17.5 Å². The van der Waals surface area contributed by atoms with Crippen LogP contribution in [-0.4, -0.2) is 33.0 Å². The molecule has 1 unspecified atom stereocenters. The van der Waals surface area contributed by atoms with E-state index in [2.05, 4.69) is 9.46 Å². The molecule has 1 rings (SSSR count). The number of benzene rings is 1. The van der Waals surface area contributed by atoms with Gasteiger partial charge in [-0.05, 0) is 18.4 Å². The summed E-state index contributed by atoms with van der Waals surface area (Å²) in [6.45, 7) is 3.85. The molecule has 0 fully saturated rings. The van der Waals surface area contributed by atoms with Crippen molar-refractivity contribution in [3.8, 4) is 5.75 Å². The van der Waals surface area contributed by atoms with Gasteiger partial charge >= 0.3 is 5.69 Å². The van der Waals surface area contributed by atoms with Crippen molar-refractivity contribution in [3.63, 3.8) is 0 Å². The Balaban J connectivity index is 3.25. The minimum absolute atomic E-state index is 0.0537. The maximum Gasteiger partial charge on any atom is 0.315 e. The molecule has 130 valence electrons. The van der Waals surface area contributed by atoms with Crippen LogP contribution in [0.25, 0.3) is 0 Å². The van der Waals surface area contributed by atoms with Crippen LogP contribution in [0, 0.1) is 21.8 Å². The summed E-state index contributed by atoms with van der Waals surface area (Å²) in [4.78, 5) is 9.50. The van der Waals surface area contributed by atoms with Crippen LogP contribution in [0.15, 0.2) is 17.0 Å². The molecule has 0 aliphatic rings. The predicted octanol–water partition coefficient (Wildman–Crippen LogP) is 1.39. The van der Waals surface area contributed by atoms with Crippen molar-refractivity contribution >= 4 is 15.7 Å². The number of nitrogens with one attached hydrogen (secondary N) is 1. The highest BCUT2D eigenvalue weighted by Crippen LogP contribution is 2.32. The van der Waals surface area contributed by atoms with E-state index < -0.39 is 43.1 Å². The second kappa shape index (κ2) is 7.66. The first-order valence-corrected chi connectivity index (χ1v) is 8.35. The van der Waals surface area contributed by atoms with Crippen LogP contribution in [-0.2, 0) is 10.0 Å². The lowest BCUT2D eigenvalue weighted by atomic mass is 10.1. The van der Waals surface area contributed by atoms with Gasteiger partial charge in [0, 0.05) is 18.7 Å². The number of nitrogens with two attached hydrogens (primary N) is 1. The number of rotatable bonds is 8. The lowest BCUT2D eigenvalue weighted by Crippen LogP contribution is -2.41. The number of nitro benzene ring substituents is 1. The third-order valence-electron chi connectivity index (χ3n) is 3.07. The van der Waals surface area contributed by atoms with Crippen molar-refractivity contribution < 1.29 is 22.5 Å². The summed E-state index contributed by atoms with van der Waals surface area (Å²) in [5, 5.41) is 11.0. The molecule has 0 amide bonds. The quantitative estimate of drug-likeness (QED) is 0.540. The Hall–Kier alpha value is -1.78. The number of hydrogen-bond acceptors (Lipinski definition) is 6. The van der Waals surface area contributed by atoms with Gasteiger partial charge in [-0.15, -0.1) is 0 Å². The molecule has 0 heterocycles. The lowest BCUT2D eigenvalue weighted by molar-refractivity contribution is -0.386. The van der Waals surface area contributed by atoms with Crippen LogP contribution in [0.3, 0.4) is 0 Å². The minimum atomic E-state index is -4.15. The minimum Gasteiger partial charge on any atom is -0.488 e. The molecule has 1 atom stereocenters. The standard InChI is InChI=1S/C13H20FN3O5S/c1-8(2)4-9(7-15)16-23(20,21)10-5-11(14)13(22-3)12(6-10)17(18)19/h5-6,8-9,16H,4,7,15H2,1-3H3. The van der Waals surface area contributed by atoms with Gasteiger partial charge in [-0.2, -0.15) is 0 Å². The molecule has 10 heteroatoms.